The van der Waals surface area contributed by atoms with Crippen molar-refractivity contribution in [1.82, 2.24) is 58.1 Å². The minimum absolute atomic E-state index is 0.0298. The second-order valence-corrected chi connectivity index (χ2v) is 24.9. The summed E-state index contributed by atoms with van der Waals surface area (Å²) in [6.07, 6.45) is -3.95. The van der Waals surface area contributed by atoms with E-state index in [9.17, 15) is 57.8 Å². The monoisotopic (exact) mass is 1350 g/mol. The van der Waals surface area contributed by atoms with Gasteiger partial charge in [-0.15, -0.1) is 0 Å². The molecule has 526 valence electrons. The fraction of sp³-hybridized carbons (Fsp3) is 0.449. The molecule has 29 heteroatoms. The first-order chi connectivity index (χ1) is 46.8. The van der Waals surface area contributed by atoms with Gasteiger partial charge in [-0.2, -0.15) is 0 Å². The van der Waals surface area contributed by atoms with Gasteiger partial charge in [-0.1, -0.05) is 124 Å². The van der Waals surface area contributed by atoms with Gasteiger partial charge in [-0.05, 0) is 85.3 Å². The van der Waals surface area contributed by atoms with Crippen molar-refractivity contribution in [1.29, 1.82) is 0 Å². The fourth-order valence-electron chi connectivity index (χ4n) is 11.3. The molecule has 2 aliphatic rings. The number of benzene rings is 4. The van der Waals surface area contributed by atoms with Gasteiger partial charge in [0.2, 0.25) is 82.7 Å². The Morgan fingerprint density at radius 1 is 0.449 bits per heavy atom. The molecule has 17 N–H and O–H groups in total. The summed E-state index contributed by atoms with van der Waals surface area (Å²) >= 11 is 0. The second kappa shape index (κ2) is 38.1. The van der Waals surface area contributed by atoms with Gasteiger partial charge >= 0.3 is 0 Å². The van der Waals surface area contributed by atoms with Crippen LogP contribution in [0.25, 0.3) is 0 Å². The Morgan fingerprint density at radius 3 is 1.17 bits per heavy atom. The van der Waals surface area contributed by atoms with Crippen LogP contribution in [0.15, 0.2) is 115 Å². The fourth-order valence-corrected chi connectivity index (χ4v) is 11.3. The summed E-state index contributed by atoms with van der Waals surface area (Å²) in [5.41, 5.74) is 18.7. The molecule has 0 saturated carbocycles. The minimum atomic E-state index is -1.84. The molecule has 10 atom stereocenters. The summed E-state index contributed by atoms with van der Waals surface area (Å²) in [7, 11) is 0. The van der Waals surface area contributed by atoms with Crippen LogP contribution >= 0.6 is 0 Å². The number of carbonyl (C=O) groups excluding carboxylic acids is 14. The summed E-state index contributed by atoms with van der Waals surface area (Å²) < 4.78 is 0. The largest absolute Gasteiger partial charge is 0.508 e. The Morgan fingerprint density at radius 2 is 0.776 bits per heavy atom. The van der Waals surface area contributed by atoms with Crippen molar-refractivity contribution in [3.8, 4) is 5.75 Å². The smallest absolute Gasteiger partial charge is 0.246 e. The molecular weight excluding hydrogens is 1260 g/mol. The van der Waals surface area contributed by atoms with Gasteiger partial charge in [0, 0.05) is 58.0 Å². The third-order valence-electron chi connectivity index (χ3n) is 16.4. The Kier molecular flexibility index (Phi) is 29.7. The number of aromatic hydroxyl groups is 1. The summed E-state index contributed by atoms with van der Waals surface area (Å²) in [5.74, 6) is -13.8. The number of hydrogen-bond donors (Lipinski definition) is 14. The first-order valence-corrected chi connectivity index (χ1v) is 32.8. The van der Waals surface area contributed by atoms with Crippen LogP contribution < -0.4 is 70.4 Å². The number of amides is 14. The number of phenols is 1. The predicted octanol–water partition coefficient (Wildman–Crippen LogP) is -1.21. The molecule has 0 aromatic heterocycles. The van der Waals surface area contributed by atoms with Gasteiger partial charge in [-0.3, -0.25) is 67.1 Å². The Balaban J connectivity index is 1.50. The highest BCUT2D eigenvalue weighted by atomic mass is 16.3. The molecule has 0 bridgehead atoms. The number of phenolic OH excluding ortho intramolecular Hbond substituents is 1. The molecule has 0 aliphatic carbocycles. The van der Waals surface area contributed by atoms with Crippen molar-refractivity contribution >= 4 is 82.7 Å². The van der Waals surface area contributed by atoms with Crippen LogP contribution in [-0.4, -0.2) is 166 Å². The molecule has 0 unspecified atom stereocenters. The topological polar surface area (TPSA) is 461 Å². The predicted molar refractivity (Wildman–Crippen MR) is 357 cm³/mol. The lowest BCUT2D eigenvalue weighted by Gasteiger charge is -2.31. The summed E-state index contributed by atoms with van der Waals surface area (Å²) in [6, 6.07) is 15.2. The molecule has 4 aromatic rings. The average Bonchev–Trinajstić information content (AvgIpc) is 1.64. The average molecular weight is 1360 g/mol. The minimum Gasteiger partial charge on any atom is -0.508 e. The Bertz CT molecular complexity index is 3450. The third kappa shape index (κ3) is 24.8. The number of nitrogens with zero attached hydrogens (tertiary/aromatic N) is 1. The van der Waals surface area contributed by atoms with Crippen LogP contribution in [0.3, 0.4) is 0 Å². The van der Waals surface area contributed by atoms with E-state index >= 15 is 14.4 Å². The number of primary amides is 3. The molecule has 2 aliphatic heterocycles. The lowest BCUT2D eigenvalue weighted by molar-refractivity contribution is -0.142. The normalized spacial score (nSPS) is 23.0. The molecular formula is C69H90N14O15. The standard InChI is InChI=1S/C69H90N14O15/c1-4-32-73-59(88)39-53-67(96)76-48(28-31-58(72)87)62(91)78-51(37-44-22-24-45(84)25-23-44)64(93)75-46(26-29-56(70)85)60(89)74-47(27-30-57(71)86)61(90)77-49(34-40(2)3)63(92)82-54(38-43-19-12-7-13-20-43)69(98)83-33-14-21-55(83)68(97)81-52(36-42-17-10-6-11-18-42)66(95)79-50(65(94)80-53)35-41-15-8-5-9-16-41/h5-13,15-20,22-25,40,46-55,84H,4,14,21,26-39H2,1-3H3,(H2,70,85)(H2,71,86)(H2,72,87)(H,73,88)(H,74,89)(H,75,93)(H,76,96)(H,77,90)(H,78,91)(H,79,95)(H,80,94)(H,81,97)(H,82,92)/t46-,47-,48-,49-,50+,51-,52-,53-,54+,55-/m0/s1. The van der Waals surface area contributed by atoms with Gasteiger partial charge < -0.3 is 80.4 Å². The highest BCUT2D eigenvalue weighted by molar-refractivity contribution is 6.01. The van der Waals surface area contributed by atoms with E-state index in [1.54, 1.807) is 112 Å². The molecule has 4 aromatic carbocycles. The first-order valence-electron chi connectivity index (χ1n) is 32.8. The number of carbonyl (C=O) groups is 14. The molecule has 0 spiro atoms. The van der Waals surface area contributed by atoms with E-state index in [2.05, 4.69) is 53.2 Å². The molecule has 14 amide bonds. The molecule has 29 nitrogen and oxygen atoms in total. The van der Waals surface area contributed by atoms with Crippen molar-refractivity contribution in [2.75, 3.05) is 13.1 Å². The van der Waals surface area contributed by atoms with Crippen LogP contribution in [0.2, 0.25) is 0 Å². The van der Waals surface area contributed by atoms with E-state index in [1.165, 1.54) is 29.2 Å². The third-order valence-corrected chi connectivity index (χ3v) is 16.4. The van der Waals surface area contributed by atoms with E-state index < -0.39 is 194 Å². The van der Waals surface area contributed by atoms with Crippen LogP contribution in [0.1, 0.15) is 114 Å². The van der Waals surface area contributed by atoms with E-state index in [0.717, 1.165) is 0 Å². The van der Waals surface area contributed by atoms with E-state index in [1.807, 2.05) is 0 Å². The highest BCUT2D eigenvalue weighted by Crippen LogP contribution is 2.22. The molecule has 2 heterocycles. The lowest BCUT2D eigenvalue weighted by Crippen LogP contribution is -2.62. The van der Waals surface area contributed by atoms with Crippen LogP contribution in [0, 0.1) is 5.92 Å². The van der Waals surface area contributed by atoms with Crippen molar-refractivity contribution in [3.05, 3.63) is 138 Å². The van der Waals surface area contributed by atoms with Crippen molar-refractivity contribution < 1.29 is 72.2 Å². The van der Waals surface area contributed by atoms with E-state index in [4.69, 9.17) is 17.2 Å². The SMILES string of the molecule is CCCNC(=O)C[C@@H]1NC(=O)[C@@H](Cc2ccccc2)NC(=O)[C@H](Cc2ccccc2)NC(=O)[C@@H]2CCCN2C(=O)[C@@H](Cc2ccccc2)NC(=O)[C@H](CC(C)C)NC(=O)[C@H](CCC(N)=O)NC(=O)[C@H](CCC(N)=O)NC(=O)[C@H](Cc2ccc(O)cc2)NC(=O)[C@H](CCC(N)=O)NC1=O. The maximum Gasteiger partial charge on any atom is 0.246 e. The van der Waals surface area contributed by atoms with Crippen LogP contribution in [-0.2, 0) is 92.8 Å². The Hall–Kier alpha value is -10.7. The van der Waals surface area contributed by atoms with Gasteiger partial charge in [0.1, 0.15) is 66.2 Å². The number of nitrogens with two attached hydrogens (primary N) is 3. The van der Waals surface area contributed by atoms with Gasteiger partial charge in [0.15, 0.2) is 0 Å². The van der Waals surface area contributed by atoms with Gasteiger partial charge in [-0.25, -0.2) is 0 Å². The van der Waals surface area contributed by atoms with E-state index in [-0.39, 0.29) is 56.9 Å². The van der Waals surface area contributed by atoms with Gasteiger partial charge in [0.25, 0.3) is 0 Å². The quantitative estimate of drug-likeness (QED) is 0.0414. The number of hydrogen-bond acceptors (Lipinski definition) is 15. The van der Waals surface area contributed by atoms with Gasteiger partial charge in [0.05, 0.1) is 6.42 Å². The number of nitrogens with one attached hydrogen (secondary N) is 10. The van der Waals surface area contributed by atoms with Crippen LogP contribution in [0.4, 0.5) is 0 Å². The summed E-state index contributed by atoms with van der Waals surface area (Å²) in [4.78, 5) is 201. The second-order valence-electron chi connectivity index (χ2n) is 24.9. The maximum absolute atomic E-state index is 15.2. The zero-order valence-electron chi connectivity index (χ0n) is 55.2. The first kappa shape index (κ1) is 76.3. The summed E-state index contributed by atoms with van der Waals surface area (Å²) in [5, 5.41) is 36.5. The van der Waals surface area contributed by atoms with Crippen molar-refractivity contribution in [2.24, 2.45) is 23.1 Å². The molecule has 6 rings (SSSR count). The molecule has 2 saturated heterocycles. The molecule has 98 heavy (non-hydrogen) atoms. The number of rotatable bonds is 23. The zero-order chi connectivity index (χ0) is 71.4. The molecule has 2 fully saturated rings. The van der Waals surface area contributed by atoms with Crippen LogP contribution in [0.5, 0.6) is 5.75 Å². The molecule has 0 radical (unpaired) electrons. The Labute approximate surface area is 567 Å². The van der Waals surface area contributed by atoms with E-state index in [0.29, 0.717) is 35.1 Å². The van der Waals surface area contributed by atoms with Crippen molar-refractivity contribution in [3.63, 3.8) is 0 Å². The highest BCUT2D eigenvalue weighted by Gasteiger charge is 2.42. The lowest BCUT2D eigenvalue weighted by atomic mass is 9.99. The zero-order valence-corrected chi connectivity index (χ0v) is 55.2. The summed E-state index contributed by atoms with van der Waals surface area (Å²) in [6.45, 7) is 5.45. The maximum atomic E-state index is 15.2. The number of fused-ring (bicyclic) bond motifs is 1. The van der Waals surface area contributed by atoms with Crippen molar-refractivity contribution in [2.45, 2.75) is 178 Å².